The zero-order chi connectivity index (χ0) is 14.8. The van der Waals surface area contributed by atoms with Crippen LogP contribution in [0.2, 0.25) is 0 Å². The molecule has 0 radical (unpaired) electrons. The number of carboxylic acids is 1. The maximum absolute atomic E-state index is 11.0. The molecule has 110 valence electrons. The molecule has 1 saturated heterocycles. The molecule has 1 aliphatic heterocycles. The van der Waals surface area contributed by atoms with Crippen LogP contribution in [-0.4, -0.2) is 42.7 Å². The minimum absolute atomic E-state index is 0.0805. The van der Waals surface area contributed by atoms with E-state index in [-0.39, 0.29) is 11.7 Å². The number of likely N-dealkylation sites (tertiary alicyclic amines) is 1. The zero-order valence-electron chi connectivity index (χ0n) is 11.8. The fraction of sp³-hybridized carbons (Fsp3) is 0.429. The molecule has 7 nitrogen and oxygen atoms in total. The van der Waals surface area contributed by atoms with E-state index in [4.69, 9.17) is 5.11 Å². The van der Waals surface area contributed by atoms with Crippen molar-refractivity contribution < 1.29 is 9.90 Å². The van der Waals surface area contributed by atoms with Crippen LogP contribution in [-0.2, 0) is 6.54 Å². The van der Waals surface area contributed by atoms with E-state index in [0.717, 1.165) is 36.7 Å². The zero-order valence-corrected chi connectivity index (χ0v) is 11.8. The van der Waals surface area contributed by atoms with E-state index in [2.05, 4.69) is 25.1 Å². The van der Waals surface area contributed by atoms with Crippen LogP contribution in [0.4, 0.5) is 0 Å². The molecule has 21 heavy (non-hydrogen) atoms. The van der Waals surface area contributed by atoms with Crippen LogP contribution in [0.1, 0.15) is 46.7 Å². The first kappa shape index (κ1) is 13.7. The monoisotopic (exact) mass is 287 g/mol. The number of aryl methyl sites for hydroxylation is 1. The third-order valence-electron chi connectivity index (χ3n) is 3.67. The molecule has 3 rings (SSSR count). The van der Waals surface area contributed by atoms with Gasteiger partial charge in [-0.15, -0.1) is 0 Å². The smallest absolute Gasteiger partial charge is 0.354 e. The first-order valence-corrected chi connectivity index (χ1v) is 6.95. The van der Waals surface area contributed by atoms with Gasteiger partial charge in [0.1, 0.15) is 11.5 Å². The van der Waals surface area contributed by atoms with Crippen LogP contribution < -0.4 is 0 Å². The average molecular weight is 287 g/mol. The number of hydrogen-bond acceptors (Lipinski definition) is 5. The van der Waals surface area contributed by atoms with Gasteiger partial charge in [-0.1, -0.05) is 6.07 Å². The Labute approximate surface area is 122 Å². The third-order valence-corrected chi connectivity index (χ3v) is 3.67. The Kier molecular flexibility index (Phi) is 3.66. The van der Waals surface area contributed by atoms with Crippen LogP contribution in [0.25, 0.3) is 0 Å². The van der Waals surface area contributed by atoms with Gasteiger partial charge >= 0.3 is 5.97 Å². The molecule has 0 amide bonds. The fourth-order valence-electron chi connectivity index (χ4n) is 2.71. The number of aromatic amines is 1. The number of aromatic carboxylic acids is 1. The van der Waals surface area contributed by atoms with Crippen molar-refractivity contribution in [2.24, 2.45) is 0 Å². The molecule has 0 aromatic carbocycles. The van der Waals surface area contributed by atoms with Crippen molar-refractivity contribution in [3.05, 3.63) is 41.2 Å². The maximum atomic E-state index is 11.0. The Morgan fingerprint density at radius 1 is 1.48 bits per heavy atom. The first-order valence-electron chi connectivity index (χ1n) is 6.95. The maximum Gasteiger partial charge on any atom is 0.354 e. The highest BCUT2D eigenvalue weighted by molar-refractivity contribution is 5.85. The van der Waals surface area contributed by atoms with Crippen LogP contribution in [0, 0.1) is 6.92 Å². The molecule has 2 aromatic heterocycles. The van der Waals surface area contributed by atoms with Crippen LogP contribution >= 0.6 is 0 Å². The van der Waals surface area contributed by atoms with Crippen molar-refractivity contribution in [3.63, 3.8) is 0 Å². The summed E-state index contributed by atoms with van der Waals surface area (Å²) in [4.78, 5) is 21.8. The minimum atomic E-state index is -1.00. The summed E-state index contributed by atoms with van der Waals surface area (Å²) in [6.45, 7) is 3.43. The standard InChI is InChI=1S/C14H17N5O2/c1-9-15-13(18-17-9)12-6-3-7-19(12)8-10-4-2-5-11(16-10)14(20)21/h2,4-5,12H,3,6-8H2,1H3,(H,20,21)(H,15,17,18). The molecule has 3 heterocycles. The highest BCUT2D eigenvalue weighted by atomic mass is 16.4. The molecule has 1 aliphatic rings. The molecular weight excluding hydrogens is 270 g/mol. The fourth-order valence-corrected chi connectivity index (χ4v) is 2.71. The van der Waals surface area contributed by atoms with E-state index in [0.29, 0.717) is 6.54 Å². The molecule has 1 atom stereocenters. The summed E-state index contributed by atoms with van der Waals surface area (Å²) in [6, 6.07) is 5.26. The molecule has 0 aliphatic carbocycles. The Morgan fingerprint density at radius 3 is 3.05 bits per heavy atom. The summed E-state index contributed by atoms with van der Waals surface area (Å²) in [6.07, 6.45) is 2.09. The van der Waals surface area contributed by atoms with Gasteiger partial charge in [-0.3, -0.25) is 10.00 Å². The predicted octanol–water partition coefficient (Wildman–Crippen LogP) is 1.54. The third kappa shape index (κ3) is 2.92. The summed E-state index contributed by atoms with van der Waals surface area (Å²) < 4.78 is 0. The summed E-state index contributed by atoms with van der Waals surface area (Å²) in [5.41, 5.74) is 0.839. The van der Waals surface area contributed by atoms with Gasteiger partial charge < -0.3 is 5.11 Å². The molecule has 2 aromatic rings. The van der Waals surface area contributed by atoms with E-state index >= 15 is 0 Å². The lowest BCUT2D eigenvalue weighted by Crippen LogP contribution is -2.24. The van der Waals surface area contributed by atoms with Crippen LogP contribution in [0.3, 0.4) is 0 Å². The summed E-state index contributed by atoms with van der Waals surface area (Å²) in [5, 5.41) is 16.1. The molecule has 1 fully saturated rings. The number of carboxylic acid groups (broad SMARTS) is 1. The van der Waals surface area contributed by atoms with Crippen molar-refractivity contribution in [1.82, 2.24) is 25.1 Å². The highest BCUT2D eigenvalue weighted by Crippen LogP contribution is 2.30. The van der Waals surface area contributed by atoms with Crippen molar-refractivity contribution in [2.45, 2.75) is 32.4 Å². The number of hydrogen-bond donors (Lipinski definition) is 2. The predicted molar refractivity (Wildman–Crippen MR) is 74.7 cm³/mol. The summed E-state index contributed by atoms with van der Waals surface area (Å²) in [5.74, 6) is 0.613. The Morgan fingerprint density at radius 2 is 2.33 bits per heavy atom. The second-order valence-electron chi connectivity index (χ2n) is 5.23. The number of aromatic nitrogens is 4. The molecule has 1 unspecified atom stereocenters. The topological polar surface area (TPSA) is 95.0 Å². The SMILES string of the molecule is Cc1nc(C2CCCN2Cc2cccc(C(=O)O)n2)n[nH]1. The lowest BCUT2D eigenvalue weighted by Gasteiger charge is -2.21. The second kappa shape index (κ2) is 5.61. The van der Waals surface area contributed by atoms with E-state index in [9.17, 15) is 4.79 Å². The van der Waals surface area contributed by atoms with Gasteiger partial charge in [0, 0.05) is 6.54 Å². The Hall–Kier alpha value is -2.28. The van der Waals surface area contributed by atoms with Crippen molar-refractivity contribution in [1.29, 1.82) is 0 Å². The molecule has 7 heteroatoms. The molecular formula is C14H17N5O2. The van der Waals surface area contributed by atoms with Crippen LogP contribution in [0.5, 0.6) is 0 Å². The van der Waals surface area contributed by atoms with Gasteiger partial charge in [-0.2, -0.15) is 5.10 Å². The lowest BCUT2D eigenvalue weighted by atomic mass is 10.2. The number of rotatable bonds is 4. The lowest BCUT2D eigenvalue weighted by molar-refractivity contribution is 0.0690. The normalized spacial score (nSPS) is 19.0. The molecule has 2 N–H and O–H groups in total. The summed E-state index contributed by atoms with van der Waals surface area (Å²) in [7, 11) is 0. The Bertz CT molecular complexity index is 654. The summed E-state index contributed by atoms with van der Waals surface area (Å²) >= 11 is 0. The number of pyridine rings is 1. The first-order chi connectivity index (χ1) is 10.1. The quantitative estimate of drug-likeness (QED) is 0.885. The van der Waals surface area contributed by atoms with E-state index in [1.54, 1.807) is 6.07 Å². The number of nitrogens with one attached hydrogen (secondary N) is 1. The molecule has 0 spiro atoms. The average Bonchev–Trinajstić information content (AvgIpc) is 3.08. The van der Waals surface area contributed by atoms with E-state index in [1.165, 1.54) is 6.07 Å². The van der Waals surface area contributed by atoms with E-state index < -0.39 is 5.97 Å². The number of H-pyrrole nitrogens is 1. The van der Waals surface area contributed by atoms with Crippen molar-refractivity contribution in [3.8, 4) is 0 Å². The van der Waals surface area contributed by atoms with Gasteiger partial charge in [0.15, 0.2) is 5.82 Å². The van der Waals surface area contributed by atoms with Crippen molar-refractivity contribution >= 4 is 5.97 Å². The van der Waals surface area contributed by atoms with Gasteiger partial charge in [-0.05, 0) is 38.4 Å². The van der Waals surface area contributed by atoms with Crippen LogP contribution in [0.15, 0.2) is 18.2 Å². The number of nitrogens with zero attached hydrogens (tertiary/aromatic N) is 4. The van der Waals surface area contributed by atoms with Gasteiger partial charge in [0.25, 0.3) is 0 Å². The molecule has 0 bridgehead atoms. The minimum Gasteiger partial charge on any atom is -0.477 e. The largest absolute Gasteiger partial charge is 0.477 e. The van der Waals surface area contributed by atoms with Gasteiger partial charge in [0.05, 0.1) is 11.7 Å². The Balaban J connectivity index is 1.77. The van der Waals surface area contributed by atoms with Gasteiger partial charge in [0.2, 0.25) is 0 Å². The highest BCUT2D eigenvalue weighted by Gasteiger charge is 2.29. The van der Waals surface area contributed by atoms with Gasteiger partial charge in [-0.25, -0.2) is 14.8 Å². The number of carbonyl (C=O) groups is 1. The van der Waals surface area contributed by atoms with Crippen molar-refractivity contribution in [2.75, 3.05) is 6.54 Å². The van der Waals surface area contributed by atoms with E-state index in [1.807, 2.05) is 13.0 Å². The molecule has 0 saturated carbocycles. The second-order valence-corrected chi connectivity index (χ2v) is 5.23.